The van der Waals surface area contributed by atoms with Crippen molar-refractivity contribution < 1.29 is 46.1 Å². The number of carboxylic acids is 1. The minimum Gasteiger partial charge on any atom is -0.508 e. The zero-order valence-electron chi connectivity index (χ0n) is 23.7. The highest BCUT2D eigenvalue weighted by atomic mass is 32.2. The van der Waals surface area contributed by atoms with Crippen molar-refractivity contribution in [1.29, 1.82) is 0 Å². The number of anilines is 2. The number of benzene rings is 3. The maximum Gasteiger partial charge on any atom is 0.393 e. The highest BCUT2D eigenvalue weighted by molar-refractivity contribution is 7.92. The number of nitrogens with zero attached hydrogens (tertiary/aromatic N) is 4. The average molecular weight is 661 g/mol. The van der Waals surface area contributed by atoms with Gasteiger partial charge < -0.3 is 20.6 Å². The summed E-state index contributed by atoms with van der Waals surface area (Å²) in [5.41, 5.74) is -1.42. The molecule has 2 heterocycles. The standard InChI is InChI=1S/C29H24F4N6O6S/c1-2-39(46(44,45)18-6-4-3-5-7-18)21-9-8-17(40)10-16(21)14-34-26-23-24(28(42)43)37-38-27(23)36-25(35-26)19-12-20(30)22(41)11-15(19)13-29(31,32)33/h3-12,40-41H,2,13-14H2,1H3,(H,42,43)(H2,34,35,36,37,38). The molecule has 5 rings (SSSR count). The number of aromatic hydroxyl groups is 2. The number of nitrogens with one attached hydrogen (secondary N) is 2. The van der Waals surface area contributed by atoms with Crippen LogP contribution in [0.1, 0.15) is 28.5 Å². The Labute approximate surface area is 258 Å². The number of fused-ring (bicyclic) bond motifs is 1. The molecule has 0 unspecified atom stereocenters. The van der Waals surface area contributed by atoms with E-state index in [1.54, 1.807) is 25.1 Å². The van der Waals surface area contributed by atoms with Crippen LogP contribution in [0.3, 0.4) is 0 Å². The van der Waals surface area contributed by atoms with Gasteiger partial charge in [-0.15, -0.1) is 0 Å². The Bertz CT molecular complexity index is 2060. The number of sulfonamides is 1. The summed E-state index contributed by atoms with van der Waals surface area (Å²) >= 11 is 0. The lowest BCUT2D eigenvalue weighted by atomic mass is 10.0. The minimum atomic E-state index is -4.76. The summed E-state index contributed by atoms with van der Waals surface area (Å²) < 4.78 is 82.7. The number of carbonyl (C=O) groups is 1. The molecule has 0 fully saturated rings. The largest absolute Gasteiger partial charge is 0.508 e. The van der Waals surface area contributed by atoms with Crippen molar-refractivity contribution in [2.75, 3.05) is 16.2 Å². The van der Waals surface area contributed by atoms with Crippen molar-refractivity contribution >= 4 is 38.5 Å². The normalized spacial score (nSPS) is 11.9. The number of phenolic OH excluding ortho intramolecular Hbond substituents is 2. The third-order valence-electron chi connectivity index (χ3n) is 6.83. The number of H-pyrrole nitrogens is 1. The van der Waals surface area contributed by atoms with E-state index in [4.69, 9.17) is 0 Å². The maximum atomic E-state index is 14.4. The second-order valence-corrected chi connectivity index (χ2v) is 11.8. The van der Waals surface area contributed by atoms with Crippen LogP contribution in [0.4, 0.5) is 29.1 Å². The van der Waals surface area contributed by atoms with Crippen molar-refractivity contribution in [3.63, 3.8) is 0 Å². The molecule has 0 saturated heterocycles. The van der Waals surface area contributed by atoms with E-state index in [-0.39, 0.29) is 51.8 Å². The molecule has 12 nitrogen and oxygen atoms in total. The van der Waals surface area contributed by atoms with Gasteiger partial charge in [0.1, 0.15) is 11.6 Å². The molecule has 0 aliphatic rings. The molecule has 5 N–H and O–H groups in total. The third kappa shape index (κ3) is 6.35. The van der Waals surface area contributed by atoms with Gasteiger partial charge in [0, 0.05) is 18.7 Å². The van der Waals surface area contributed by atoms with Crippen LogP contribution in [0.2, 0.25) is 0 Å². The summed E-state index contributed by atoms with van der Waals surface area (Å²) in [6.07, 6.45) is -6.33. The Hall–Kier alpha value is -5.45. The third-order valence-corrected chi connectivity index (χ3v) is 8.73. The van der Waals surface area contributed by atoms with Gasteiger partial charge in [0.05, 0.1) is 22.4 Å². The number of hydrogen-bond donors (Lipinski definition) is 5. The molecule has 0 bridgehead atoms. The Morgan fingerprint density at radius 3 is 2.39 bits per heavy atom. The van der Waals surface area contributed by atoms with Gasteiger partial charge in [-0.25, -0.2) is 27.6 Å². The van der Waals surface area contributed by atoms with Crippen LogP contribution in [0.15, 0.2) is 65.6 Å². The summed E-state index contributed by atoms with van der Waals surface area (Å²) in [5, 5.41) is 38.5. The number of aromatic amines is 1. The first-order chi connectivity index (χ1) is 21.7. The Kier molecular flexibility index (Phi) is 8.44. The van der Waals surface area contributed by atoms with Crippen molar-refractivity contribution in [3.8, 4) is 22.9 Å². The van der Waals surface area contributed by atoms with E-state index in [0.717, 1.165) is 4.31 Å². The second kappa shape index (κ2) is 12.2. The number of aromatic nitrogens is 4. The highest BCUT2D eigenvalue weighted by Gasteiger charge is 2.31. The second-order valence-electron chi connectivity index (χ2n) is 9.90. The van der Waals surface area contributed by atoms with Gasteiger partial charge in [-0.1, -0.05) is 18.2 Å². The van der Waals surface area contributed by atoms with Crippen LogP contribution < -0.4 is 9.62 Å². The Morgan fingerprint density at radius 2 is 1.74 bits per heavy atom. The van der Waals surface area contributed by atoms with E-state index < -0.39 is 62.8 Å². The number of halogens is 4. The smallest absolute Gasteiger partial charge is 0.393 e. The van der Waals surface area contributed by atoms with Gasteiger partial charge in [0.2, 0.25) is 0 Å². The van der Waals surface area contributed by atoms with E-state index >= 15 is 0 Å². The minimum absolute atomic E-state index is 0.00581. The molecule has 0 aliphatic heterocycles. The topological polar surface area (TPSA) is 182 Å². The monoisotopic (exact) mass is 660 g/mol. The lowest BCUT2D eigenvalue weighted by Crippen LogP contribution is -2.31. The molecule has 0 spiro atoms. The van der Waals surface area contributed by atoms with E-state index in [9.17, 15) is 46.1 Å². The quantitative estimate of drug-likeness (QED) is 0.125. The summed E-state index contributed by atoms with van der Waals surface area (Å²) in [7, 11) is -4.08. The number of phenols is 2. The van der Waals surface area contributed by atoms with Gasteiger partial charge in [-0.2, -0.15) is 18.3 Å². The van der Waals surface area contributed by atoms with Crippen LogP contribution in [-0.2, 0) is 23.0 Å². The number of carboxylic acid groups (broad SMARTS) is 1. The fraction of sp³-hybridized carbons (Fsp3) is 0.172. The van der Waals surface area contributed by atoms with Gasteiger partial charge in [-0.05, 0) is 60.5 Å². The van der Waals surface area contributed by atoms with Crippen LogP contribution >= 0.6 is 0 Å². The number of hydrogen-bond acceptors (Lipinski definition) is 9. The maximum absolute atomic E-state index is 14.4. The lowest BCUT2D eigenvalue weighted by Gasteiger charge is -2.26. The molecule has 17 heteroatoms. The molecule has 0 saturated carbocycles. The van der Waals surface area contributed by atoms with E-state index in [2.05, 4.69) is 25.5 Å². The van der Waals surface area contributed by atoms with Gasteiger partial charge in [0.25, 0.3) is 10.0 Å². The van der Waals surface area contributed by atoms with E-state index in [0.29, 0.717) is 12.1 Å². The first-order valence-corrected chi connectivity index (χ1v) is 14.8. The molecule has 2 aromatic heterocycles. The fourth-order valence-corrected chi connectivity index (χ4v) is 6.36. The average Bonchev–Trinajstić information content (AvgIpc) is 3.43. The summed E-state index contributed by atoms with van der Waals surface area (Å²) in [5.74, 6) is -4.73. The Balaban J connectivity index is 1.63. The van der Waals surface area contributed by atoms with Crippen LogP contribution in [0, 0.1) is 5.82 Å². The summed E-state index contributed by atoms with van der Waals surface area (Å²) in [4.78, 5) is 20.3. The molecule has 0 amide bonds. The van der Waals surface area contributed by atoms with Gasteiger partial charge in [-0.3, -0.25) is 9.40 Å². The molecule has 3 aromatic carbocycles. The predicted molar refractivity (Wildman–Crippen MR) is 158 cm³/mol. The molecule has 0 aliphatic carbocycles. The number of aromatic carboxylic acids is 1. The van der Waals surface area contributed by atoms with Crippen molar-refractivity contribution in [2.45, 2.75) is 31.0 Å². The number of rotatable bonds is 10. The zero-order valence-corrected chi connectivity index (χ0v) is 24.5. The molecule has 0 atom stereocenters. The fourth-order valence-electron chi connectivity index (χ4n) is 4.83. The SMILES string of the molecule is CCN(c1ccc(O)cc1CNc1nc(-c2cc(F)c(O)cc2CC(F)(F)F)nc2n[nH]c(C(=O)O)c12)S(=O)(=O)c1ccccc1. The van der Waals surface area contributed by atoms with Crippen LogP contribution in [-0.4, -0.2) is 62.6 Å². The molecule has 46 heavy (non-hydrogen) atoms. The van der Waals surface area contributed by atoms with E-state index in [1.165, 1.54) is 30.3 Å². The van der Waals surface area contributed by atoms with Crippen molar-refractivity contribution in [2.24, 2.45) is 0 Å². The first kappa shape index (κ1) is 32.0. The summed E-state index contributed by atoms with van der Waals surface area (Å²) in [6.45, 7) is 1.29. The predicted octanol–water partition coefficient (Wildman–Crippen LogP) is 5.20. The van der Waals surface area contributed by atoms with Crippen LogP contribution in [0.5, 0.6) is 11.5 Å². The Morgan fingerprint density at radius 1 is 1.02 bits per heavy atom. The van der Waals surface area contributed by atoms with Crippen molar-refractivity contribution in [1.82, 2.24) is 20.2 Å². The molecular weight excluding hydrogens is 636 g/mol. The number of alkyl halides is 3. The molecular formula is C29H24F4N6O6S. The molecule has 0 radical (unpaired) electrons. The lowest BCUT2D eigenvalue weighted by molar-refractivity contribution is -0.127. The zero-order chi connectivity index (χ0) is 33.4. The van der Waals surface area contributed by atoms with Gasteiger partial charge in [0.15, 0.2) is 28.7 Å². The molecule has 5 aromatic rings. The van der Waals surface area contributed by atoms with E-state index in [1.807, 2.05) is 0 Å². The first-order valence-electron chi connectivity index (χ1n) is 13.4. The summed E-state index contributed by atoms with van der Waals surface area (Å²) in [6, 6.07) is 12.7. The molecule has 240 valence electrons. The van der Waals surface area contributed by atoms with Gasteiger partial charge >= 0.3 is 12.1 Å². The highest BCUT2D eigenvalue weighted by Crippen LogP contribution is 2.36. The van der Waals surface area contributed by atoms with Crippen molar-refractivity contribution in [3.05, 3.63) is 83.3 Å². The van der Waals surface area contributed by atoms with Crippen LogP contribution in [0.25, 0.3) is 22.4 Å².